The van der Waals surface area contributed by atoms with Crippen molar-refractivity contribution >= 4 is 34.8 Å². The summed E-state index contributed by atoms with van der Waals surface area (Å²) in [5.41, 5.74) is 6.81. The Kier molecular flexibility index (Phi) is 3.32. The van der Waals surface area contributed by atoms with Crippen molar-refractivity contribution in [1.29, 1.82) is 5.26 Å². The molecule has 92 valence electrons. The zero-order chi connectivity index (χ0) is 13.3. The number of hydrogen-bond acceptors (Lipinski definition) is 4. The maximum absolute atomic E-state index is 9.02. The van der Waals surface area contributed by atoms with Gasteiger partial charge in [-0.25, -0.2) is 4.68 Å². The predicted octanol–water partition coefficient (Wildman–Crippen LogP) is 2.67. The minimum Gasteiger partial charge on any atom is -0.382 e. The average Bonchev–Trinajstić information content (AvgIpc) is 2.69. The molecule has 0 aliphatic heterocycles. The lowest BCUT2D eigenvalue weighted by atomic mass is 10.3. The van der Waals surface area contributed by atoms with Crippen LogP contribution in [-0.4, -0.2) is 16.8 Å². The number of nitrogens with one attached hydrogen (secondary N) is 1. The van der Waals surface area contributed by atoms with Crippen LogP contribution in [-0.2, 0) is 0 Å². The summed E-state index contributed by atoms with van der Waals surface area (Å²) in [5, 5.41) is 16.9. The molecule has 7 heteroatoms. The molecule has 3 N–H and O–H groups in total. The second kappa shape index (κ2) is 4.77. The second-order valence-electron chi connectivity index (χ2n) is 3.48. The molecule has 0 aliphatic rings. The largest absolute Gasteiger partial charge is 0.382 e. The van der Waals surface area contributed by atoms with Crippen molar-refractivity contribution in [2.75, 3.05) is 18.1 Å². The summed E-state index contributed by atoms with van der Waals surface area (Å²) < 4.78 is 1.44. The van der Waals surface area contributed by atoms with E-state index in [0.717, 1.165) is 0 Å². The highest BCUT2D eigenvalue weighted by atomic mass is 35.5. The van der Waals surface area contributed by atoms with E-state index in [2.05, 4.69) is 10.4 Å². The number of anilines is 2. The molecule has 0 spiro atoms. The highest BCUT2D eigenvalue weighted by molar-refractivity contribution is 6.42. The van der Waals surface area contributed by atoms with Crippen LogP contribution in [0.5, 0.6) is 0 Å². The third-order valence-corrected chi connectivity index (χ3v) is 3.16. The maximum Gasteiger partial charge on any atom is 0.168 e. The Morgan fingerprint density at radius 3 is 2.61 bits per heavy atom. The van der Waals surface area contributed by atoms with Gasteiger partial charge < -0.3 is 11.1 Å². The van der Waals surface area contributed by atoms with Crippen LogP contribution in [0.15, 0.2) is 18.2 Å². The second-order valence-corrected chi connectivity index (χ2v) is 4.30. The zero-order valence-electron chi connectivity index (χ0n) is 9.41. The van der Waals surface area contributed by atoms with Crippen LogP contribution in [0, 0.1) is 11.3 Å². The van der Waals surface area contributed by atoms with E-state index in [0.29, 0.717) is 27.1 Å². The lowest BCUT2D eigenvalue weighted by Gasteiger charge is -2.05. The Labute approximate surface area is 114 Å². The van der Waals surface area contributed by atoms with E-state index in [1.54, 1.807) is 25.2 Å². The predicted molar refractivity (Wildman–Crippen MR) is 72.3 cm³/mol. The standard InChI is InChI=1S/C11H9Cl2N5/c1-16-11-7(5-14)10(15)18(17-11)6-2-3-8(12)9(13)4-6/h2-4H,15H2,1H3,(H,16,17). The molecule has 0 atom stereocenters. The van der Waals surface area contributed by atoms with Crippen molar-refractivity contribution in [2.24, 2.45) is 0 Å². The summed E-state index contributed by atoms with van der Waals surface area (Å²) in [6.07, 6.45) is 0. The number of benzene rings is 1. The van der Waals surface area contributed by atoms with Crippen molar-refractivity contribution in [3.05, 3.63) is 33.8 Å². The molecule has 0 saturated heterocycles. The van der Waals surface area contributed by atoms with Gasteiger partial charge in [0.05, 0.1) is 15.7 Å². The minimum absolute atomic E-state index is 0.250. The van der Waals surface area contributed by atoms with E-state index in [4.69, 9.17) is 34.2 Å². The van der Waals surface area contributed by atoms with Gasteiger partial charge in [0.2, 0.25) is 0 Å². The molecule has 2 aromatic rings. The average molecular weight is 282 g/mol. The van der Waals surface area contributed by atoms with Crippen LogP contribution < -0.4 is 11.1 Å². The quantitative estimate of drug-likeness (QED) is 0.887. The number of halogens is 2. The Morgan fingerprint density at radius 2 is 2.11 bits per heavy atom. The molecule has 5 nitrogen and oxygen atoms in total. The number of aromatic nitrogens is 2. The first-order chi connectivity index (χ1) is 8.58. The molecule has 0 bridgehead atoms. The van der Waals surface area contributed by atoms with Crippen LogP contribution in [0.4, 0.5) is 11.6 Å². The van der Waals surface area contributed by atoms with Crippen LogP contribution in [0.3, 0.4) is 0 Å². The van der Waals surface area contributed by atoms with Gasteiger partial charge >= 0.3 is 0 Å². The van der Waals surface area contributed by atoms with Gasteiger partial charge in [0.1, 0.15) is 17.5 Å². The first-order valence-corrected chi connectivity index (χ1v) is 5.76. The van der Waals surface area contributed by atoms with Crippen LogP contribution in [0.1, 0.15) is 5.56 Å². The van der Waals surface area contributed by atoms with E-state index in [9.17, 15) is 0 Å². The molecule has 1 heterocycles. The van der Waals surface area contributed by atoms with Crippen molar-refractivity contribution in [3.63, 3.8) is 0 Å². The molecule has 0 radical (unpaired) electrons. The van der Waals surface area contributed by atoms with Gasteiger partial charge in [-0.05, 0) is 18.2 Å². The Hall–Kier alpha value is -1.90. The monoisotopic (exact) mass is 281 g/mol. The van der Waals surface area contributed by atoms with Crippen LogP contribution in [0.2, 0.25) is 10.0 Å². The highest BCUT2D eigenvalue weighted by Crippen LogP contribution is 2.28. The van der Waals surface area contributed by atoms with Gasteiger partial charge in [0.15, 0.2) is 5.82 Å². The van der Waals surface area contributed by atoms with Crippen molar-refractivity contribution in [1.82, 2.24) is 9.78 Å². The molecular formula is C11H9Cl2N5. The number of nitrogens with two attached hydrogens (primary N) is 1. The van der Waals surface area contributed by atoms with E-state index in [-0.39, 0.29) is 5.82 Å². The summed E-state index contributed by atoms with van der Waals surface area (Å²) in [5.74, 6) is 0.668. The summed E-state index contributed by atoms with van der Waals surface area (Å²) in [6, 6.07) is 7.00. The summed E-state index contributed by atoms with van der Waals surface area (Å²) in [7, 11) is 1.67. The van der Waals surface area contributed by atoms with Gasteiger partial charge in [0, 0.05) is 7.05 Å². The molecule has 18 heavy (non-hydrogen) atoms. The number of hydrogen-bond donors (Lipinski definition) is 2. The number of nitrogen functional groups attached to an aromatic ring is 1. The number of nitrogens with zero attached hydrogens (tertiary/aromatic N) is 3. The summed E-state index contributed by atoms with van der Waals surface area (Å²) in [6.45, 7) is 0. The molecule has 0 unspecified atom stereocenters. The molecule has 2 rings (SSSR count). The molecule has 0 amide bonds. The summed E-state index contributed by atoms with van der Waals surface area (Å²) in [4.78, 5) is 0. The zero-order valence-corrected chi connectivity index (χ0v) is 10.9. The fraction of sp³-hybridized carbons (Fsp3) is 0.0909. The molecule has 0 fully saturated rings. The fourth-order valence-electron chi connectivity index (χ4n) is 1.53. The molecule has 1 aromatic heterocycles. The molecule has 1 aromatic carbocycles. The van der Waals surface area contributed by atoms with E-state index in [1.807, 2.05) is 6.07 Å². The van der Waals surface area contributed by atoms with Gasteiger partial charge in [0.25, 0.3) is 0 Å². The van der Waals surface area contributed by atoms with Gasteiger partial charge in [-0.15, -0.1) is 5.10 Å². The van der Waals surface area contributed by atoms with Gasteiger partial charge in [-0.1, -0.05) is 23.2 Å². The molecular weight excluding hydrogens is 273 g/mol. The van der Waals surface area contributed by atoms with Gasteiger partial charge in [-0.3, -0.25) is 0 Å². The van der Waals surface area contributed by atoms with Crippen LogP contribution >= 0.6 is 23.2 Å². The molecule has 0 saturated carbocycles. The Bertz CT molecular complexity index is 642. The fourth-order valence-corrected chi connectivity index (χ4v) is 1.82. The SMILES string of the molecule is CNc1nn(-c2ccc(Cl)c(Cl)c2)c(N)c1C#N. The number of rotatable bonds is 2. The van der Waals surface area contributed by atoms with E-state index >= 15 is 0 Å². The normalized spacial score (nSPS) is 10.1. The Balaban J connectivity index is 2.61. The molecule has 0 aliphatic carbocycles. The Morgan fingerprint density at radius 1 is 1.39 bits per heavy atom. The maximum atomic E-state index is 9.02. The third kappa shape index (κ3) is 1.96. The van der Waals surface area contributed by atoms with Gasteiger partial charge in [-0.2, -0.15) is 5.26 Å². The summed E-state index contributed by atoms with van der Waals surface area (Å²) >= 11 is 11.8. The van der Waals surface area contributed by atoms with Crippen molar-refractivity contribution in [3.8, 4) is 11.8 Å². The smallest absolute Gasteiger partial charge is 0.168 e. The lowest BCUT2D eigenvalue weighted by molar-refractivity contribution is 0.894. The lowest BCUT2D eigenvalue weighted by Crippen LogP contribution is -2.02. The first-order valence-electron chi connectivity index (χ1n) is 5.00. The topological polar surface area (TPSA) is 79.7 Å². The van der Waals surface area contributed by atoms with Crippen LogP contribution in [0.25, 0.3) is 5.69 Å². The number of nitriles is 1. The minimum atomic E-state index is 0.250. The highest BCUT2D eigenvalue weighted by Gasteiger charge is 2.15. The third-order valence-electron chi connectivity index (χ3n) is 2.42. The first kappa shape index (κ1) is 12.6. The van der Waals surface area contributed by atoms with Crippen molar-refractivity contribution in [2.45, 2.75) is 0 Å². The van der Waals surface area contributed by atoms with E-state index in [1.165, 1.54) is 4.68 Å². The van der Waals surface area contributed by atoms with Crippen molar-refractivity contribution < 1.29 is 0 Å². The van der Waals surface area contributed by atoms with E-state index < -0.39 is 0 Å².